The van der Waals surface area contributed by atoms with E-state index in [9.17, 15) is 19.8 Å². The third-order valence-electron chi connectivity index (χ3n) is 2.79. The molecule has 1 aromatic carbocycles. The van der Waals surface area contributed by atoms with E-state index in [1.54, 1.807) is 25.1 Å². The van der Waals surface area contributed by atoms with E-state index >= 15 is 0 Å². The van der Waals surface area contributed by atoms with Crippen molar-refractivity contribution in [2.75, 3.05) is 5.75 Å². The highest BCUT2D eigenvalue weighted by molar-refractivity contribution is 8.13. The van der Waals surface area contributed by atoms with Crippen LogP contribution in [-0.2, 0) is 4.79 Å². The lowest BCUT2D eigenvalue weighted by atomic mass is 9.98. The standard InChI is InChI=1S/C14H18O4S/c1-8-6-11(4-5-12(8)9(2)15)14(18)13(17)7-19-10(3)16/h4-6,13-14,17-18H,7H2,1-3H3. The van der Waals surface area contributed by atoms with E-state index in [0.717, 1.165) is 17.3 Å². The van der Waals surface area contributed by atoms with E-state index in [1.165, 1.54) is 13.8 Å². The minimum Gasteiger partial charge on any atom is -0.389 e. The fourth-order valence-electron chi connectivity index (χ4n) is 1.78. The number of hydrogen-bond acceptors (Lipinski definition) is 5. The van der Waals surface area contributed by atoms with E-state index in [2.05, 4.69) is 0 Å². The Morgan fingerprint density at radius 3 is 2.37 bits per heavy atom. The number of carbonyl (C=O) groups is 2. The van der Waals surface area contributed by atoms with Crippen molar-refractivity contribution in [2.45, 2.75) is 33.0 Å². The van der Waals surface area contributed by atoms with Gasteiger partial charge in [-0.1, -0.05) is 30.0 Å². The summed E-state index contributed by atoms with van der Waals surface area (Å²) in [5.41, 5.74) is 1.90. The van der Waals surface area contributed by atoms with E-state index in [1.807, 2.05) is 0 Å². The molecule has 104 valence electrons. The fraction of sp³-hybridized carbons (Fsp3) is 0.429. The summed E-state index contributed by atoms with van der Waals surface area (Å²) in [6, 6.07) is 4.94. The Morgan fingerprint density at radius 1 is 1.26 bits per heavy atom. The van der Waals surface area contributed by atoms with Gasteiger partial charge in [-0.15, -0.1) is 0 Å². The molecular weight excluding hydrogens is 264 g/mol. The van der Waals surface area contributed by atoms with E-state index in [4.69, 9.17) is 0 Å². The number of aliphatic hydroxyl groups is 2. The molecule has 0 fully saturated rings. The number of thioether (sulfide) groups is 1. The number of rotatable bonds is 5. The zero-order valence-electron chi connectivity index (χ0n) is 11.2. The summed E-state index contributed by atoms with van der Waals surface area (Å²) in [6.07, 6.45) is -2.08. The first-order valence-corrected chi connectivity index (χ1v) is 6.92. The molecular formula is C14H18O4S. The van der Waals surface area contributed by atoms with Crippen molar-refractivity contribution in [3.8, 4) is 0 Å². The lowest BCUT2D eigenvalue weighted by molar-refractivity contribution is -0.109. The Hall–Kier alpha value is -1.17. The highest BCUT2D eigenvalue weighted by Crippen LogP contribution is 2.22. The molecule has 1 rings (SSSR count). The number of Topliss-reactive ketones (excluding diaryl/α,β-unsaturated/α-hetero) is 1. The van der Waals surface area contributed by atoms with Gasteiger partial charge in [0.1, 0.15) is 6.10 Å². The van der Waals surface area contributed by atoms with Crippen LogP contribution in [0.15, 0.2) is 18.2 Å². The molecule has 0 saturated carbocycles. The molecule has 2 atom stereocenters. The van der Waals surface area contributed by atoms with Crippen molar-refractivity contribution in [3.63, 3.8) is 0 Å². The Bertz CT molecular complexity index is 484. The van der Waals surface area contributed by atoms with Crippen LogP contribution in [0.25, 0.3) is 0 Å². The lowest BCUT2D eigenvalue weighted by Crippen LogP contribution is -2.21. The zero-order valence-corrected chi connectivity index (χ0v) is 12.0. The van der Waals surface area contributed by atoms with Gasteiger partial charge in [0, 0.05) is 18.2 Å². The summed E-state index contributed by atoms with van der Waals surface area (Å²) in [4.78, 5) is 22.1. The smallest absolute Gasteiger partial charge is 0.185 e. The van der Waals surface area contributed by atoms with Crippen molar-refractivity contribution in [1.29, 1.82) is 0 Å². The van der Waals surface area contributed by atoms with Crippen molar-refractivity contribution < 1.29 is 19.8 Å². The van der Waals surface area contributed by atoms with Gasteiger partial charge in [0.2, 0.25) is 0 Å². The Kier molecular flexibility index (Phi) is 5.72. The van der Waals surface area contributed by atoms with Crippen molar-refractivity contribution in [3.05, 3.63) is 34.9 Å². The Labute approximate surface area is 116 Å². The summed E-state index contributed by atoms with van der Waals surface area (Å²) < 4.78 is 0. The fourth-order valence-corrected chi connectivity index (χ4v) is 2.37. The van der Waals surface area contributed by atoms with Gasteiger partial charge in [-0.2, -0.15) is 0 Å². The highest BCUT2D eigenvalue weighted by atomic mass is 32.2. The number of ketones is 1. The van der Waals surface area contributed by atoms with Gasteiger partial charge >= 0.3 is 0 Å². The monoisotopic (exact) mass is 282 g/mol. The minimum atomic E-state index is -1.06. The average Bonchev–Trinajstić information content (AvgIpc) is 2.34. The van der Waals surface area contributed by atoms with Crippen molar-refractivity contribution >= 4 is 22.7 Å². The summed E-state index contributed by atoms with van der Waals surface area (Å²) in [6.45, 7) is 4.68. The molecule has 5 heteroatoms. The molecule has 0 heterocycles. The third kappa shape index (κ3) is 4.45. The van der Waals surface area contributed by atoms with Crippen LogP contribution in [0.5, 0.6) is 0 Å². The summed E-state index contributed by atoms with van der Waals surface area (Å²) in [7, 11) is 0. The normalized spacial score (nSPS) is 13.9. The molecule has 0 bridgehead atoms. The zero-order chi connectivity index (χ0) is 14.6. The first-order valence-electron chi connectivity index (χ1n) is 5.94. The summed E-state index contributed by atoms with van der Waals surface area (Å²) >= 11 is 0.972. The van der Waals surface area contributed by atoms with Gasteiger partial charge in [0.05, 0.1) is 6.10 Å². The number of aliphatic hydroxyl groups excluding tert-OH is 2. The molecule has 0 spiro atoms. The molecule has 2 unspecified atom stereocenters. The van der Waals surface area contributed by atoms with Crippen LogP contribution in [0.4, 0.5) is 0 Å². The molecule has 4 nitrogen and oxygen atoms in total. The number of hydrogen-bond donors (Lipinski definition) is 2. The van der Waals surface area contributed by atoms with Crippen LogP contribution >= 0.6 is 11.8 Å². The van der Waals surface area contributed by atoms with Gasteiger partial charge in [0.25, 0.3) is 0 Å². The first kappa shape index (κ1) is 15.9. The van der Waals surface area contributed by atoms with Gasteiger partial charge in [-0.25, -0.2) is 0 Å². The van der Waals surface area contributed by atoms with Crippen LogP contribution in [0.2, 0.25) is 0 Å². The predicted octanol–water partition coefficient (Wildman–Crippen LogP) is 1.87. The number of carbonyl (C=O) groups excluding carboxylic acids is 2. The van der Waals surface area contributed by atoms with Crippen LogP contribution in [0, 0.1) is 6.92 Å². The van der Waals surface area contributed by atoms with Crippen LogP contribution in [0.1, 0.15) is 41.4 Å². The molecule has 0 radical (unpaired) electrons. The molecule has 1 aromatic rings. The van der Waals surface area contributed by atoms with Gasteiger partial charge in [-0.3, -0.25) is 9.59 Å². The maximum atomic E-state index is 11.3. The lowest BCUT2D eigenvalue weighted by Gasteiger charge is -2.18. The Morgan fingerprint density at radius 2 is 1.89 bits per heavy atom. The van der Waals surface area contributed by atoms with Crippen LogP contribution in [-0.4, -0.2) is 33.0 Å². The predicted molar refractivity (Wildman–Crippen MR) is 75.3 cm³/mol. The minimum absolute atomic E-state index is 0.0359. The van der Waals surface area contributed by atoms with Crippen molar-refractivity contribution in [1.82, 2.24) is 0 Å². The molecule has 0 amide bonds. The van der Waals surface area contributed by atoms with Gasteiger partial charge in [0.15, 0.2) is 10.9 Å². The molecule has 0 aromatic heterocycles. The van der Waals surface area contributed by atoms with Crippen LogP contribution < -0.4 is 0 Å². The summed E-state index contributed by atoms with van der Waals surface area (Å²) in [5.74, 6) is 0.107. The topological polar surface area (TPSA) is 74.6 Å². The summed E-state index contributed by atoms with van der Waals surface area (Å²) in [5, 5.41) is 19.7. The molecule has 2 N–H and O–H groups in total. The van der Waals surface area contributed by atoms with Gasteiger partial charge in [-0.05, 0) is 25.0 Å². The molecule has 0 aliphatic carbocycles. The Balaban J connectivity index is 2.82. The van der Waals surface area contributed by atoms with E-state index < -0.39 is 12.2 Å². The third-order valence-corrected chi connectivity index (χ3v) is 3.71. The molecule has 0 saturated heterocycles. The second kappa shape index (κ2) is 6.84. The first-order chi connectivity index (χ1) is 8.82. The molecule has 0 aliphatic rings. The highest BCUT2D eigenvalue weighted by Gasteiger charge is 2.20. The maximum Gasteiger partial charge on any atom is 0.185 e. The molecule has 0 aliphatic heterocycles. The average molecular weight is 282 g/mol. The molecule has 19 heavy (non-hydrogen) atoms. The largest absolute Gasteiger partial charge is 0.389 e. The van der Waals surface area contributed by atoms with E-state index in [0.29, 0.717) is 11.1 Å². The number of aryl methyl sites for hydroxylation is 1. The van der Waals surface area contributed by atoms with Crippen molar-refractivity contribution in [2.24, 2.45) is 0 Å². The second-order valence-corrected chi connectivity index (χ2v) is 5.64. The quantitative estimate of drug-likeness (QED) is 0.806. The second-order valence-electron chi connectivity index (χ2n) is 4.45. The maximum absolute atomic E-state index is 11.3. The van der Waals surface area contributed by atoms with E-state index in [-0.39, 0.29) is 16.7 Å². The van der Waals surface area contributed by atoms with Gasteiger partial charge < -0.3 is 10.2 Å². The van der Waals surface area contributed by atoms with Crippen LogP contribution in [0.3, 0.4) is 0 Å². The number of benzene rings is 1. The SMILES string of the molecule is CC(=O)SCC(O)C(O)c1ccc(C(C)=O)c(C)c1.